The number of aromatic amines is 1. The molecule has 0 amide bonds. The van der Waals surface area contributed by atoms with E-state index in [1.54, 1.807) is 16.3 Å². The Kier molecular flexibility index (Phi) is 5.10. The topological polar surface area (TPSA) is 62.7 Å². The van der Waals surface area contributed by atoms with Gasteiger partial charge in [0.05, 0.1) is 0 Å². The van der Waals surface area contributed by atoms with Gasteiger partial charge < -0.3 is 5.32 Å². The molecule has 0 radical (unpaired) electrons. The van der Waals surface area contributed by atoms with Crippen LogP contribution in [0.5, 0.6) is 0 Å². The second-order valence-corrected chi connectivity index (χ2v) is 6.40. The number of nitrogens with zero attached hydrogens (tertiary/aromatic N) is 2. The molecule has 1 aliphatic carbocycles. The van der Waals surface area contributed by atoms with Crippen molar-refractivity contribution in [3.05, 3.63) is 10.5 Å². The number of aromatic nitrogens is 3. The maximum absolute atomic E-state index is 11.6. The van der Waals surface area contributed by atoms with Crippen molar-refractivity contribution in [2.45, 2.75) is 62.5 Å². The molecule has 1 aromatic rings. The van der Waals surface area contributed by atoms with Gasteiger partial charge in [-0.15, -0.1) is 5.10 Å². The smallest absolute Gasteiger partial charge is 0.316 e. The quantitative estimate of drug-likeness (QED) is 0.866. The summed E-state index contributed by atoms with van der Waals surface area (Å²) in [5, 5.41) is 11.5. The van der Waals surface area contributed by atoms with E-state index >= 15 is 0 Å². The Morgan fingerprint density at radius 1 is 1.47 bits per heavy atom. The van der Waals surface area contributed by atoms with Gasteiger partial charge in [-0.25, -0.2) is 9.89 Å². The molecule has 0 spiro atoms. The molecule has 2 N–H and O–H groups in total. The minimum atomic E-state index is -0.103. The highest BCUT2D eigenvalue weighted by Gasteiger charge is 2.30. The van der Waals surface area contributed by atoms with Crippen LogP contribution in [0.3, 0.4) is 0 Å². The predicted molar refractivity (Wildman–Crippen MR) is 78.6 cm³/mol. The summed E-state index contributed by atoms with van der Waals surface area (Å²) in [5.41, 5.74) is -0.103. The van der Waals surface area contributed by atoms with Gasteiger partial charge >= 0.3 is 5.69 Å². The lowest BCUT2D eigenvalue weighted by Gasteiger charge is -2.35. The monoisotopic (exact) mass is 284 g/mol. The number of nitrogens with one attached hydrogen (secondary N) is 2. The van der Waals surface area contributed by atoms with Crippen LogP contribution in [0.2, 0.25) is 0 Å². The van der Waals surface area contributed by atoms with Gasteiger partial charge in [-0.1, -0.05) is 25.1 Å². The Morgan fingerprint density at radius 3 is 2.89 bits per heavy atom. The Hall–Kier alpha value is -0.750. The standard InChI is InChI=1S/C13H24N4OS/c1-4-9-6-7-10(14-3)11(8-9)19-13-16-15-12(18)17(13)5-2/h9-11,14H,4-8H2,1-3H3,(H,15,18). The summed E-state index contributed by atoms with van der Waals surface area (Å²) >= 11 is 1.75. The van der Waals surface area contributed by atoms with E-state index in [1.807, 2.05) is 14.0 Å². The van der Waals surface area contributed by atoms with Gasteiger partial charge in [-0.3, -0.25) is 4.57 Å². The second kappa shape index (κ2) is 6.61. The molecular weight excluding hydrogens is 260 g/mol. The van der Waals surface area contributed by atoms with Gasteiger partial charge in [0, 0.05) is 17.8 Å². The SMILES string of the molecule is CCC1CCC(NC)C(Sc2n[nH]c(=O)n2CC)C1. The molecule has 2 rings (SSSR count). The van der Waals surface area contributed by atoms with Crippen molar-refractivity contribution in [3.63, 3.8) is 0 Å². The highest BCUT2D eigenvalue weighted by Crippen LogP contribution is 2.36. The van der Waals surface area contributed by atoms with E-state index < -0.39 is 0 Å². The fourth-order valence-corrected chi connectivity index (χ4v) is 4.36. The van der Waals surface area contributed by atoms with Crippen LogP contribution >= 0.6 is 11.8 Å². The van der Waals surface area contributed by atoms with Crippen molar-refractivity contribution in [2.24, 2.45) is 5.92 Å². The van der Waals surface area contributed by atoms with Crippen molar-refractivity contribution < 1.29 is 0 Å². The van der Waals surface area contributed by atoms with Crippen molar-refractivity contribution in [2.75, 3.05) is 7.05 Å². The van der Waals surface area contributed by atoms with E-state index in [-0.39, 0.29) is 5.69 Å². The summed E-state index contributed by atoms with van der Waals surface area (Å²) < 4.78 is 1.72. The molecule has 0 saturated heterocycles. The predicted octanol–water partition coefficient (Wildman–Crippen LogP) is 1.85. The summed E-state index contributed by atoms with van der Waals surface area (Å²) in [5.74, 6) is 0.808. The van der Waals surface area contributed by atoms with Gasteiger partial charge in [0.25, 0.3) is 0 Å². The van der Waals surface area contributed by atoms with Crippen LogP contribution in [0.4, 0.5) is 0 Å². The minimum Gasteiger partial charge on any atom is -0.316 e. The lowest BCUT2D eigenvalue weighted by Crippen LogP contribution is -2.40. The Bertz CT molecular complexity index is 456. The Balaban J connectivity index is 2.12. The van der Waals surface area contributed by atoms with Crippen molar-refractivity contribution in [1.82, 2.24) is 20.1 Å². The van der Waals surface area contributed by atoms with Crippen LogP contribution in [-0.4, -0.2) is 33.1 Å². The Morgan fingerprint density at radius 2 is 2.26 bits per heavy atom. The van der Waals surface area contributed by atoms with Gasteiger partial charge in [0.15, 0.2) is 5.16 Å². The van der Waals surface area contributed by atoms with Crippen LogP contribution < -0.4 is 11.0 Å². The van der Waals surface area contributed by atoms with E-state index in [2.05, 4.69) is 22.4 Å². The van der Waals surface area contributed by atoms with Crippen LogP contribution in [0.15, 0.2) is 9.95 Å². The summed E-state index contributed by atoms with van der Waals surface area (Å²) in [6, 6.07) is 0.518. The molecule has 1 aromatic heterocycles. The molecule has 1 fully saturated rings. The van der Waals surface area contributed by atoms with E-state index in [1.165, 1.54) is 25.7 Å². The van der Waals surface area contributed by atoms with E-state index in [9.17, 15) is 4.79 Å². The molecule has 6 heteroatoms. The van der Waals surface area contributed by atoms with Crippen molar-refractivity contribution in [1.29, 1.82) is 0 Å². The molecule has 0 aliphatic heterocycles. The summed E-state index contributed by atoms with van der Waals surface area (Å²) in [6.45, 7) is 4.92. The maximum atomic E-state index is 11.6. The van der Waals surface area contributed by atoms with Crippen LogP contribution in [0.25, 0.3) is 0 Å². The third-order valence-corrected chi connectivity index (χ3v) is 5.49. The fourth-order valence-electron chi connectivity index (χ4n) is 2.85. The van der Waals surface area contributed by atoms with Crippen molar-refractivity contribution >= 4 is 11.8 Å². The lowest BCUT2D eigenvalue weighted by atomic mass is 9.84. The van der Waals surface area contributed by atoms with Gasteiger partial charge in [0.2, 0.25) is 0 Å². The minimum absolute atomic E-state index is 0.103. The largest absolute Gasteiger partial charge is 0.343 e. The molecule has 0 aromatic carbocycles. The molecule has 1 saturated carbocycles. The van der Waals surface area contributed by atoms with Gasteiger partial charge in [-0.05, 0) is 39.2 Å². The highest BCUT2D eigenvalue weighted by molar-refractivity contribution is 7.99. The first-order valence-electron chi connectivity index (χ1n) is 7.18. The number of rotatable bonds is 5. The fraction of sp³-hybridized carbons (Fsp3) is 0.846. The molecule has 19 heavy (non-hydrogen) atoms. The van der Waals surface area contributed by atoms with Crippen LogP contribution in [0.1, 0.15) is 39.5 Å². The molecule has 108 valence electrons. The number of hydrogen-bond donors (Lipinski definition) is 2. The zero-order valence-corrected chi connectivity index (χ0v) is 12.8. The normalized spacial score (nSPS) is 27.6. The molecule has 1 aliphatic rings. The zero-order chi connectivity index (χ0) is 13.8. The van der Waals surface area contributed by atoms with Gasteiger partial charge in [0.1, 0.15) is 0 Å². The first kappa shape index (κ1) is 14.7. The molecule has 5 nitrogen and oxygen atoms in total. The van der Waals surface area contributed by atoms with Crippen LogP contribution in [-0.2, 0) is 6.54 Å². The maximum Gasteiger partial charge on any atom is 0.343 e. The summed E-state index contributed by atoms with van der Waals surface area (Å²) in [4.78, 5) is 11.6. The van der Waals surface area contributed by atoms with Crippen LogP contribution in [0, 0.1) is 5.92 Å². The third-order valence-electron chi connectivity index (χ3n) is 4.14. The molecular formula is C13H24N4OS. The lowest BCUT2D eigenvalue weighted by molar-refractivity contribution is 0.304. The first-order chi connectivity index (χ1) is 9.19. The van der Waals surface area contributed by atoms with Gasteiger partial charge in [-0.2, -0.15) is 0 Å². The van der Waals surface area contributed by atoms with Crippen molar-refractivity contribution in [3.8, 4) is 0 Å². The Labute approximate surface area is 118 Å². The van der Waals surface area contributed by atoms with E-state index in [4.69, 9.17) is 0 Å². The molecule has 3 atom stereocenters. The molecule has 3 unspecified atom stereocenters. The second-order valence-electron chi connectivity index (χ2n) is 5.19. The number of hydrogen-bond acceptors (Lipinski definition) is 4. The highest BCUT2D eigenvalue weighted by atomic mass is 32.2. The number of thioether (sulfide) groups is 1. The average molecular weight is 284 g/mol. The third kappa shape index (κ3) is 3.23. The number of H-pyrrole nitrogens is 1. The first-order valence-corrected chi connectivity index (χ1v) is 8.06. The molecule has 0 bridgehead atoms. The van der Waals surface area contributed by atoms with E-state index in [0.717, 1.165) is 11.1 Å². The van der Waals surface area contributed by atoms with E-state index in [0.29, 0.717) is 17.8 Å². The molecule has 1 heterocycles. The summed E-state index contributed by atoms with van der Waals surface area (Å²) in [6.07, 6.45) is 4.97. The average Bonchev–Trinajstić information content (AvgIpc) is 2.79. The summed E-state index contributed by atoms with van der Waals surface area (Å²) in [7, 11) is 2.03. The zero-order valence-electron chi connectivity index (χ0n) is 12.0.